The van der Waals surface area contributed by atoms with Gasteiger partial charge in [0.2, 0.25) is 0 Å². The zero-order valence-electron chi connectivity index (χ0n) is 14.4. The van der Waals surface area contributed by atoms with E-state index < -0.39 is 0 Å². The Morgan fingerprint density at radius 2 is 1.75 bits per heavy atom. The highest BCUT2D eigenvalue weighted by Crippen LogP contribution is 2.39. The van der Waals surface area contributed by atoms with Gasteiger partial charge in [0.25, 0.3) is 5.91 Å². The number of anilines is 1. The molecule has 0 heterocycles. The van der Waals surface area contributed by atoms with E-state index >= 15 is 0 Å². The lowest BCUT2D eigenvalue weighted by Gasteiger charge is -2.19. The van der Waals surface area contributed by atoms with Gasteiger partial charge in [-0.1, -0.05) is 45.0 Å². The summed E-state index contributed by atoms with van der Waals surface area (Å²) in [5, 5.41) is 2.96. The summed E-state index contributed by atoms with van der Waals surface area (Å²) in [6.45, 7) is 6.43. The van der Waals surface area contributed by atoms with Crippen molar-refractivity contribution in [3.05, 3.63) is 65.2 Å². The number of hydrogen-bond acceptors (Lipinski definition) is 2. The van der Waals surface area contributed by atoms with Crippen molar-refractivity contribution in [1.82, 2.24) is 0 Å². The normalized spacial score (nSPS) is 19.3. The third-order valence-corrected chi connectivity index (χ3v) is 4.43. The molecule has 0 saturated heterocycles. The van der Waals surface area contributed by atoms with Crippen LogP contribution in [0, 0.1) is 0 Å². The third kappa shape index (κ3) is 4.16. The van der Waals surface area contributed by atoms with E-state index in [2.05, 4.69) is 44.3 Å². The highest BCUT2D eigenvalue weighted by atomic mass is 35.5. The van der Waals surface area contributed by atoms with Crippen molar-refractivity contribution in [3.63, 3.8) is 0 Å². The summed E-state index contributed by atoms with van der Waals surface area (Å²) in [5.41, 5.74) is 9.81. The fourth-order valence-corrected chi connectivity index (χ4v) is 2.74. The summed E-state index contributed by atoms with van der Waals surface area (Å²) in [6, 6.07) is 16.1. The first kappa shape index (κ1) is 18.5. The van der Waals surface area contributed by atoms with Gasteiger partial charge in [-0.25, -0.2) is 0 Å². The Morgan fingerprint density at radius 1 is 1.12 bits per heavy atom. The molecule has 1 aliphatic carbocycles. The zero-order chi connectivity index (χ0) is 16.6. The van der Waals surface area contributed by atoms with Gasteiger partial charge in [-0.2, -0.15) is 0 Å². The summed E-state index contributed by atoms with van der Waals surface area (Å²) in [6.07, 6.45) is 1.06. The molecule has 3 rings (SSSR count). The van der Waals surface area contributed by atoms with E-state index in [9.17, 15) is 4.79 Å². The first-order valence-corrected chi connectivity index (χ1v) is 8.12. The van der Waals surface area contributed by atoms with Gasteiger partial charge in [0, 0.05) is 23.2 Å². The van der Waals surface area contributed by atoms with E-state index in [-0.39, 0.29) is 23.7 Å². The number of nitrogens with one attached hydrogen (secondary N) is 1. The average Bonchev–Trinajstić information content (AvgIpc) is 3.24. The minimum Gasteiger partial charge on any atom is -0.327 e. The number of nitrogens with two attached hydrogens (primary N) is 1. The molecule has 2 atom stereocenters. The van der Waals surface area contributed by atoms with Crippen LogP contribution in [-0.2, 0) is 5.41 Å². The van der Waals surface area contributed by atoms with Crippen LogP contribution < -0.4 is 11.1 Å². The Balaban J connectivity index is 0.00000208. The maximum Gasteiger partial charge on any atom is 0.255 e. The van der Waals surface area contributed by atoms with Crippen molar-refractivity contribution in [2.75, 3.05) is 5.32 Å². The van der Waals surface area contributed by atoms with Crippen LogP contribution in [0.3, 0.4) is 0 Å². The predicted molar refractivity (Wildman–Crippen MR) is 102 cm³/mol. The lowest BCUT2D eigenvalue weighted by atomic mass is 9.86. The third-order valence-electron chi connectivity index (χ3n) is 4.43. The Labute approximate surface area is 150 Å². The molecule has 1 fully saturated rings. The molecule has 0 spiro atoms. The van der Waals surface area contributed by atoms with Crippen LogP contribution in [-0.4, -0.2) is 11.9 Å². The lowest BCUT2D eigenvalue weighted by Crippen LogP contribution is -2.15. The predicted octanol–water partition coefficient (Wildman–Crippen LogP) is 4.47. The fraction of sp³-hybridized carbons (Fsp3) is 0.350. The minimum atomic E-state index is -0.0769. The molecule has 2 aromatic carbocycles. The molecule has 0 aromatic heterocycles. The number of benzene rings is 2. The van der Waals surface area contributed by atoms with Crippen LogP contribution in [0.1, 0.15) is 54.6 Å². The van der Waals surface area contributed by atoms with E-state index in [0.717, 1.165) is 17.7 Å². The molecule has 1 amide bonds. The monoisotopic (exact) mass is 344 g/mol. The Kier molecular flexibility index (Phi) is 5.36. The number of carbonyl (C=O) groups is 1. The molecule has 3 nitrogen and oxygen atoms in total. The number of hydrogen-bond donors (Lipinski definition) is 2. The van der Waals surface area contributed by atoms with Gasteiger partial charge in [-0.3, -0.25) is 4.79 Å². The van der Waals surface area contributed by atoms with Gasteiger partial charge < -0.3 is 11.1 Å². The molecule has 24 heavy (non-hydrogen) atoms. The van der Waals surface area contributed by atoms with Crippen molar-refractivity contribution in [3.8, 4) is 0 Å². The summed E-state index contributed by atoms with van der Waals surface area (Å²) < 4.78 is 0. The second kappa shape index (κ2) is 6.96. The summed E-state index contributed by atoms with van der Waals surface area (Å²) in [4.78, 5) is 12.4. The molecule has 128 valence electrons. The van der Waals surface area contributed by atoms with Crippen LogP contribution in [0.15, 0.2) is 48.5 Å². The van der Waals surface area contributed by atoms with E-state index in [1.165, 1.54) is 5.56 Å². The summed E-state index contributed by atoms with van der Waals surface area (Å²) >= 11 is 0. The standard InChI is InChI=1S/C20H24N2O.ClH/c1-20(2,3)15-6-4-5-14(11-15)19(23)22-16-9-7-13(8-10-16)17-12-18(17)21;/h4-11,17-18H,12,21H2,1-3H3,(H,22,23);1H. The molecule has 1 aliphatic rings. The maximum absolute atomic E-state index is 12.4. The van der Waals surface area contributed by atoms with Crippen molar-refractivity contribution in [2.45, 2.75) is 44.6 Å². The largest absolute Gasteiger partial charge is 0.327 e. The lowest BCUT2D eigenvalue weighted by molar-refractivity contribution is 0.102. The van der Waals surface area contributed by atoms with E-state index in [0.29, 0.717) is 17.5 Å². The van der Waals surface area contributed by atoms with Crippen molar-refractivity contribution in [1.29, 1.82) is 0 Å². The highest BCUT2D eigenvalue weighted by molar-refractivity contribution is 6.04. The number of amides is 1. The van der Waals surface area contributed by atoms with Crippen molar-refractivity contribution < 1.29 is 4.79 Å². The quantitative estimate of drug-likeness (QED) is 0.862. The first-order chi connectivity index (χ1) is 10.8. The van der Waals surface area contributed by atoms with E-state index in [1.54, 1.807) is 0 Å². The van der Waals surface area contributed by atoms with Gasteiger partial charge in [-0.05, 0) is 47.2 Å². The SMILES string of the molecule is CC(C)(C)c1cccc(C(=O)Nc2ccc(C3CC3N)cc2)c1.Cl. The molecule has 2 aromatic rings. The molecule has 0 aliphatic heterocycles. The van der Waals surface area contributed by atoms with Crippen molar-refractivity contribution >= 4 is 24.0 Å². The molecule has 4 heteroatoms. The topological polar surface area (TPSA) is 55.1 Å². The molecule has 0 bridgehead atoms. The molecule has 1 saturated carbocycles. The molecule has 0 radical (unpaired) electrons. The average molecular weight is 345 g/mol. The van der Waals surface area contributed by atoms with E-state index in [1.807, 2.05) is 30.3 Å². The van der Waals surface area contributed by atoms with Crippen LogP contribution >= 0.6 is 12.4 Å². The highest BCUT2D eigenvalue weighted by Gasteiger charge is 2.34. The maximum atomic E-state index is 12.4. The number of carbonyl (C=O) groups excluding carboxylic acids is 1. The molecular weight excluding hydrogens is 320 g/mol. The first-order valence-electron chi connectivity index (χ1n) is 8.12. The number of halogens is 1. The van der Waals surface area contributed by atoms with Gasteiger partial charge in [0.05, 0.1) is 0 Å². The van der Waals surface area contributed by atoms with Gasteiger partial charge in [0.15, 0.2) is 0 Å². The molecular formula is C20H25ClN2O. The van der Waals surface area contributed by atoms with Crippen molar-refractivity contribution in [2.24, 2.45) is 5.73 Å². The van der Waals surface area contributed by atoms with Crippen LogP contribution in [0.2, 0.25) is 0 Å². The van der Waals surface area contributed by atoms with Crippen LogP contribution in [0.5, 0.6) is 0 Å². The van der Waals surface area contributed by atoms with Gasteiger partial charge >= 0.3 is 0 Å². The van der Waals surface area contributed by atoms with Gasteiger partial charge in [0.1, 0.15) is 0 Å². The Morgan fingerprint density at radius 3 is 2.29 bits per heavy atom. The Bertz CT molecular complexity index is 719. The number of rotatable bonds is 3. The second-order valence-corrected chi connectivity index (χ2v) is 7.41. The van der Waals surface area contributed by atoms with Crippen LogP contribution in [0.4, 0.5) is 5.69 Å². The van der Waals surface area contributed by atoms with Crippen LogP contribution in [0.25, 0.3) is 0 Å². The Hall–Kier alpha value is -1.84. The second-order valence-electron chi connectivity index (χ2n) is 7.41. The van der Waals surface area contributed by atoms with Gasteiger partial charge in [-0.15, -0.1) is 12.4 Å². The molecule has 3 N–H and O–H groups in total. The van der Waals surface area contributed by atoms with E-state index in [4.69, 9.17) is 5.73 Å². The molecule has 2 unspecified atom stereocenters. The zero-order valence-corrected chi connectivity index (χ0v) is 15.2. The summed E-state index contributed by atoms with van der Waals surface area (Å²) in [7, 11) is 0. The fourth-order valence-electron chi connectivity index (χ4n) is 2.74. The summed E-state index contributed by atoms with van der Waals surface area (Å²) in [5.74, 6) is 0.412. The minimum absolute atomic E-state index is 0. The smallest absolute Gasteiger partial charge is 0.255 e.